The Kier molecular flexibility index (Phi) is 14.1. The summed E-state index contributed by atoms with van der Waals surface area (Å²) in [5.74, 6) is -0.843. The van der Waals surface area contributed by atoms with E-state index < -0.39 is 24.3 Å². The van der Waals surface area contributed by atoms with Crippen LogP contribution >= 0.6 is 0 Å². The van der Waals surface area contributed by atoms with Crippen molar-refractivity contribution in [1.82, 2.24) is 0 Å². The molecule has 4 N–H and O–H groups in total. The molecule has 0 aliphatic heterocycles. The molecule has 0 aromatic rings. The fourth-order valence-electron chi connectivity index (χ4n) is 2.43. The molecular weight excluding hydrogens is 296 g/mol. The smallest absolute Gasteiger partial charge is 0.303 e. The number of carbonyl (C=O) groups is 1. The highest BCUT2D eigenvalue weighted by molar-refractivity contribution is 5.66. The summed E-state index contributed by atoms with van der Waals surface area (Å²) >= 11 is 0. The first-order valence-electron chi connectivity index (χ1n) is 8.91. The van der Waals surface area contributed by atoms with Gasteiger partial charge >= 0.3 is 5.97 Å². The van der Waals surface area contributed by atoms with Crippen molar-refractivity contribution in [3.05, 3.63) is 12.2 Å². The third-order valence-electron chi connectivity index (χ3n) is 3.94. The monoisotopic (exact) mass is 330 g/mol. The minimum absolute atomic E-state index is 0.0872. The van der Waals surface area contributed by atoms with Crippen LogP contribution in [0.1, 0.15) is 77.6 Å². The zero-order valence-electron chi connectivity index (χ0n) is 14.4. The normalized spacial score (nSPS) is 15.7. The molecule has 0 amide bonds. The molecule has 5 heteroatoms. The van der Waals surface area contributed by atoms with Gasteiger partial charge in [0, 0.05) is 6.42 Å². The van der Waals surface area contributed by atoms with Gasteiger partial charge in [-0.15, -0.1) is 0 Å². The number of hydrogen-bond donors (Lipinski definition) is 4. The van der Waals surface area contributed by atoms with Gasteiger partial charge < -0.3 is 20.4 Å². The predicted octanol–water partition coefficient (Wildman–Crippen LogP) is 3.02. The molecule has 5 nitrogen and oxygen atoms in total. The molecule has 0 radical (unpaired) electrons. The van der Waals surface area contributed by atoms with E-state index in [1.54, 1.807) is 6.08 Å². The van der Waals surface area contributed by atoms with E-state index in [2.05, 4.69) is 6.92 Å². The van der Waals surface area contributed by atoms with E-state index in [0.29, 0.717) is 19.3 Å². The molecular formula is C18H34O5. The summed E-state index contributed by atoms with van der Waals surface area (Å²) in [6, 6.07) is 0. The van der Waals surface area contributed by atoms with E-state index in [1.165, 1.54) is 31.8 Å². The summed E-state index contributed by atoms with van der Waals surface area (Å²) in [7, 11) is 0. The highest BCUT2D eigenvalue weighted by atomic mass is 16.4. The Morgan fingerprint density at radius 3 is 2.17 bits per heavy atom. The molecule has 23 heavy (non-hydrogen) atoms. The lowest BCUT2D eigenvalue weighted by Crippen LogP contribution is -2.36. The summed E-state index contributed by atoms with van der Waals surface area (Å²) in [4.78, 5) is 10.3. The van der Waals surface area contributed by atoms with Crippen molar-refractivity contribution < 1.29 is 25.2 Å². The van der Waals surface area contributed by atoms with E-state index in [4.69, 9.17) is 5.11 Å². The van der Waals surface area contributed by atoms with Crippen molar-refractivity contribution in [2.45, 2.75) is 95.9 Å². The van der Waals surface area contributed by atoms with Gasteiger partial charge in [0.2, 0.25) is 0 Å². The van der Waals surface area contributed by atoms with E-state index in [1.807, 2.05) is 0 Å². The van der Waals surface area contributed by atoms with Crippen molar-refractivity contribution in [2.24, 2.45) is 0 Å². The first-order chi connectivity index (χ1) is 11.0. The second-order valence-corrected chi connectivity index (χ2v) is 6.17. The van der Waals surface area contributed by atoms with Crippen molar-refractivity contribution in [3.63, 3.8) is 0 Å². The largest absolute Gasteiger partial charge is 0.481 e. The maximum absolute atomic E-state index is 10.3. The van der Waals surface area contributed by atoms with Gasteiger partial charge in [0.05, 0.1) is 6.10 Å². The van der Waals surface area contributed by atoms with Crippen molar-refractivity contribution in [3.8, 4) is 0 Å². The molecule has 0 saturated carbocycles. The molecule has 0 spiro atoms. The minimum atomic E-state index is -1.19. The third-order valence-corrected chi connectivity index (χ3v) is 3.94. The van der Waals surface area contributed by atoms with E-state index in [9.17, 15) is 20.1 Å². The number of carboxylic acids is 1. The van der Waals surface area contributed by atoms with Gasteiger partial charge in [-0.3, -0.25) is 4.79 Å². The maximum Gasteiger partial charge on any atom is 0.303 e. The van der Waals surface area contributed by atoms with Crippen LogP contribution in [0, 0.1) is 0 Å². The Bertz CT molecular complexity index is 317. The number of unbranched alkanes of at least 4 members (excludes halogenated alkanes) is 7. The lowest BCUT2D eigenvalue weighted by atomic mass is 10.0. The SMILES string of the molecule is CCCCCCCCCC(O)C(O)C(O)/C=C\CCCC(=O)O. The topological polar surface area (TPSA) is 98.0 Å². The zero-order chi connectivity index (χ0) is 17.5. The number of aliphatic carboxylic acids is 1. The number of allylic oxidation sites excluding steroid dienone is 1. The molecule has 0 aromatic heterocycles. The average molecular weight is 330 g/mol. The number of hydrogen-bond acceptors (Lipinski definition) is 4. The standard InChI is InChI=1S/C18H34O5/c1-2-3-4-5-6-7-9-12-15(19)18(23)16(20)13-10-8-11-14-17(21)22/h10,13,15-16,18-20,23H,2-9,11-12,14H2,1H3,(H,21,22)/b13-10-. The van der Waals surface area contributed by atoms with Gasteiger partial charge in [-0.1, -0.05) is 64.0 Å². The molecule has 3 atom stereocenters. The summed E-state index contributed by atoms with van der Waals surface area (Å²) in [5, 5.41) is 38.0. The highest BCUT2D eigenvalue weighted by Crippen LogP contribution is 2.13. The van der Waals surface area contributed by atoms with Crippen molar-refractivity contribution in [1.29, 1.82) is 0 Å². The molecule has 3 unspecified atom stereocenters. The Labute approximate surface area is 140 Å². The first kappa shape index (κ1) is 22.1. The van der Waals surface area contributed by atoms with Gasteiger partial charge in [-0.25, -0.2) is 0 Å². The molecule has 0 rings (SSSR count). The lowest BCUT2D eigenvalue weighted by molar-refractivity contribution is -0.137. The summed E-state index contributed by atoms with van der Waals surface area (Å²) in [6.07, 6.45) is 9.46. The van der Waals surface area contributed by atoms with Crippen LogP contribution in [0.2, 0.25) is 0 Å². The van der Waals surface area contributed by atoms with Crippen LogP contribution in [0.15, 0.2) is 12.2 Å². The number of carboxylic acid groups (broad SMARTS) is 1. The van der Waals surface area contributed by atoms with Crippen LogP contribution in [0.25, 0.3) is 0 Å². The first-order valence-corrected chi connectivity index (χ1v) is 8.91. The van der Waals surface area contributed by atoms with E-state index >= 15 is 0 Å². The molecule has 0 fully saturated rings. The van der Waals surface area contributed by atoms with Crippen LogP contribution in [-0.4, -0.2) is 44.7 Å². The Morgan fingerprint density at radius 2 is 1.57 bits per heavy atom. The molecule has 0 aliphatic carbocycles. The van der Waals surface area contributed by atoms with E-state index in [-0.39, 0.29) is 6.42 Å². The second-order valence-electron chi connectivity index (χ2n) is 6.17. The number of aliphatic hydroxyl groups is 3. The summed E-state index contributed by atoms with van der Waals surface area (Å²) in [6.45, 7) is 2.18. The van der Waals surface area contributed by atoms with Crippen LogP contribution in [0.5, 0.6) is 0 Å². The van der Waals surface area contributed by atoms with Gasteiger partial charge in [0.25, 0.3) is 0 Å². The second kappa shape index (κ2) is 14.7. The lowest BCUT2D eigenvalue weighted by Gasteiger charge is -2.20. The van der Waals surface area contributed by atoms with Crippen LogP contribution in [-0.2, 0) is 4.79 Å². The molecule has 0 bridgehead atoms. The van der Waals surface area contributed by atoms with Crippen LogP contribution in [0.4, 0.5) is 0 Å². The van der Waals surface area contributed by atoms with Gasteiger partial charge in [-0.2, -0.15) is 0 Å². The third kappa shape index (κ3) is 13.2. The fraction of sp³-hybridized carbons (Fsp3) is 0.833. The molecule has 0 aliphatic rings. The van der Waals surface area contributed by atoms with Crippen molar-refractivity contribution >= 4 is 5.97 Å². The molecule has 0 saturated heterocycles. The fourth-order valence-corrected chi connectivity index (χ4v) is 2.43. The summed E-state index contributed by atoms with van der Waals surface area (Å²) < 4.78 is 0. The number of rotatable bonds is 15. The van der Waals surface area contributed by atoms with Crippen LogP contribution < -0.4 is 0 Å². The Morgan fingerprint density at radius 1 is 0.957 bits per heavy atom. The Hall–Kier alpha value is -0.910. The maximum atomic E-state index is 10.3. The Balaban J connectivity index is 3.74. The number of aliphatic hydroxyl groups excluding tert-OH is 3. The summed E-state index contributed by atoms with van der Waals surface area (Å²) in [5.41, 5.74) is 0. The molecule has 0 aromatic carbocycles. The highest BCUT2D eigenvalue weighted by Gasteiger charge is 2.21. The van der Waals surface area contributed by atoms with Gasteiger partial charge in [-0.05, 0) is 19.3 Å². The minimum Gasteiger partial charge on any atom is -0.481 e. The average Bonchev–Trinajstić information content (AvgIpc) is 2.52. The quantitative estimate of drug-likeness (QED) is 0.273. The van der Waals surface area contributed by atoms with Gasteiger partial charge in [0.1, 0.15) is 12.2 Å². The predicted molar refractivity (Wildman–Crippen MR) is 91.3 cm³/mol. The van der Waals surface area contributed by atoms with Crippen LogP contribution in [0.3, 0.4) is 0 Å². The van der Waals surface area contributed by atoms with E-state index in [0.717, 1.165) is 19.3 Å². The van der Waals surface area contributed by atoms with Crippen molar-refractivity contribution in [2.75, 3.05) is 0 Å². The molecule has 136 valence electrons. The zero-order valence-corrected chi connectivity index (χ0v) is 14.4. The molecule has 0 heterocycles. The van der Waals surface area contributed by atoms with Gasteiger partial charge in [0.15, 0.2) is 0 Å².